The van der Waals surface area contributed by atoms with Gasteiger partial charge >= 0.3 is 5.69 Å². The summed E-state index contributed by atoms with van der Waals surface area (Å²) in [6.07, 6.45) is 9.29. The van der Waals surface area contributed by atoms with Crippen molar-refractivity contribution in [2.75, 3.05) is 6.61 Å². The summed E-state index contributed by atoms with van der Waals surface area (Å²) in [5.41, 5.74) is 3.94. The van der Waals surface area contributed by atoms with Gasteiger partial charge in [-0.3, -0.25) is 13.7 Å². The lowest BCUT2D eigenvalue weighted by Crippen LogP contribution is -2.31. The minimum atomic E-state index is -0.236. The van der Waals surface area contributed by atoms with E-state index in [9.17, 15) is 4.79 Å². The van der Waals surface area contributed by atoms with Crippen LogP contribution in [0.5, 0.6) is 5.75 Å². The molecule has 1 unspecified atom stereocenters. The fraction of sp³-hybridized carbons (Fsp3) is 0.185. The summed E-state index contributed by atoms with van der Waals surface area (Å²) in [5.74, 6) is 1.15. The first kappa shape index (κ1) is 22.0. The molecule has 38 heavy (non-hydrogen) atoms. The lowest BCUT2D eigenvalue weighted by molar-refractivity contribution is 0.255. The standard InChI is InChI=1S/C27H21N9O2/c1-28-18-6-7-20-22(14-18)35(17-31-20)26-30-15-23-25(32-26)36(21-8-13-38-24-5-3-2-4-19(21)24)27(37)34(23)12-11-33-10-9-29-16-33/h2-7,9-10,14-17,21H,8,11-13H2. The highest BCUT2D eigenvalue weighted by atomic mass is 16.5. The van der Waals surface area contributed by atoms with E-state index in [0.717, 1.165) is 22.3 Å². The number of imidazole rings is 3. The molecular weight excluding hydrogens is 482 g/mol. The highest BCUT2D eigenvalue weighted by Gasteiger charge is 2.28. The van der Waals surface area contributed by atoms with E-state index in [0.29, 0.717) is 48.9 Å². The van der Waals surface area contributed by atoms with Crippen molar-refractivity contribution < 1.29 is 4.74 Å². The smallest absolute Gasteiger partial charge is 0.331 e. The fourth-order valence-electron chi connectivity index (χ4n) is 5.11. The van der Waals surface area contributed by atoms with Gasteiger partial charge in [-0.1, -0.05) is 24.3 Å². The molecule has 0 spiro atoms. The molecule has 1 aliphatic rings. The van der Waals surface area contributed by atoms with E-state index >= 15 is 0 Å². The van der Waals surface area contributed by atoms with Gasteiger partial charge in [0.05, 0.1) is 42.8 Å². The number of nitrogens with zero attached hydrogens (tertiary/aromatic N) is 9. The molecule has 0 radical (unpaired) electrons. The second-order valence-electron chi connectivity index (χ2n) is 9.07. The topological polar surface area (TPSA) is 102 Å². The summed E-state index contributed by atoms with van der Waals surface area (Å²) >= 11 is 0. The minimum Gasteiger partial charge on any atom is -0.493 e. The maximum Gasteiger partial charge on any atom is 0.331 e. The maximum absolute atomic E-state index is 14.0. The molecule has 0 N–H and O–H groups in total. The molecule has 0 bridgehead atoms. The van der Waals surface area contributed by atoms with Gasteiger partial charge in [0.25, 0.3) is 0 Å². The van der Waals surface area contributed by atoms with Crippen LogP contribution < -0.4 is 10.4 Å². The zero-order valence-electron chi connectivity index (χ0n) is 20.2. The average Bonchev–Trinajstić information content (AvgIpc) is 3.69. The van der Waals surface area contributed by atoms with Gasteiger partial charge in [-0.25, -0.2) is 24.6 Å². The molecule has 0 amide bonds. The van der Waals surface area contributed by atoms with E-state index in [1.165, 1.54) is 0 Å². The third-order valence-electron chi connectivity index (χ3n) is 6.95. The van der Waals surface area contributed by atoms with Gasteiger partial charge in [0, 0.05) is 37.5 Å². The molecule has 0 saturated carbocycles. The Morgan fingerprint density at radius 2 is 2.00 bits per heavy atom. The number of fused-ring (bicyclic) bond motifs is 3. The Bertz CT molecular complexity index is 1910. The summed E-state index contributed by atoms with van der Waals surface area (Å²) in [7, 11) is 0. The number of aryl methyl sites for hydroxylation is 2. The number of hydrogen-bond acceptors (Lipinski definition) is 6. The Balaban J connectivity index is 1.43. The van der Waals surface area contributed by atoms with E-state index < -0.39 is 0 Å². The molecule has 11 nitrogen and oxygen atoms in total. The second-order valence-corrected chi connectivity index (χ2v) is 9.07. The molecule has 1 aliphatic heterocycles. The Morgan fingerprint density at radius 3 is 2.87 bits per heavy atom. The first-order valence-electron chi connectivity index (χ1n) is 12.2. The van der Waals surface area contributed by atoms with Crippen molar-refractivity contribution in [1.82, 2.24) is 38.2 Å². The van der Waals surface area contributed by atoms with Crippen LogP contribution in [0.3, 0.4) is 0 Å². The Labute approximate surface area is 216 Å². The molecule has 4 aromatic heterocycles. The molecule has 186 valence electrons. The molecule has 6 aromatic rings. The third-order valence-corrected chi connectivity index (χ3v) is 6.95. The summed E-state index contributed by atoms with van der Waals surface area (Å²) in [6.45, 7) is 8.90. The molecule has 11 heteroatoms. The molecule has 0 aliphatic carbocycles. The maximum atomic E-state index is 14.0. The van der Waals surface area contributed by atoms with Gasteiger partial charge in [0.15, 0.2) is 11.3 Å². The molecule has 0 fully saturated rings. The van der Waals surface area contributed by atoms with Crippen molar-refractivity contribution in [3.05, 3.63) is 101 Å². The van der Waals surface area contributed by atoms with Crippen molar-refractivity contribution in [3.8, 4) is 11.7 Å². The van der Waals surface area contributed by atoms with Crippen molar-refractivity contribution in [2.45, 2.75) is 25.6 Å². The Hall–Kier alpha value is -5.24. The first-order chi connectivity index (χ1) is 18.7. The van der Waals surface area contributed by atoms with Crippen molar-refractivity contribution in [2.24, 2.45) is 0 Å². The van der Waals surface area contributed by atoms with Gasteiger partial charge in [0.1, 0.15) is 17.6 Å². The second kappa shape index (κ2) is 8.70. The number of rotatable bonds is 5. The fourth-order valence-corrected chi connectivity index (χ4v) is 5.11. The molecule has 0 saturated heterocycles. The zero-order chi connectivity index (χ0) is 25.6. The highest BCUT2D eigenvalue weighted by Crippen LogP contribution is 2.35. The number of benzene rings is 2. The number of aromatic nitrogens is 8. The van der Waals surface area contributed by atoms with Crippen LogP contribution in [0, 0.1) is 6.57 Å². The average molecular weight is 504 g/mol. The molecule has 2 aromatic carbocycles. The number of para-hydroxylation sites is 1. The Kier molecular flexibility index (Phi) is 5.04. The van der Waals surface area contributed by atoms with E-state index in [4.69, 9.17) is 16.3 Å². The van der Waals surface area contributed by atoms with E-state index in [2.05, 4.69) is 19.8 Å². The van der Waals surface area contributed by atoms with Gasteiger partial charge in [-0.05, 0) is 18.2 Å². The van der Waals surface area contributed by atoms with E-state index in [1.807, 2.05) is 35.0 Å². The van der Waals surface area contributed by atoms with Gasteiger partial charge < -0.3 is 9.30 Å². The van der Waals surface area contributed by atoms with Crippen molar-refractivity contribution >= 4 is 27.9 Å². The van der Waals surface area contributed by atoms with Crippen molar-refractivity contribution in [3.63, 3.8) is 0 Å². The molecular formula is C27H21N9O2. The summed E-state index contributed by atoms with van der Waals surface area (Å²) in [4.78, 5) is 35.6. The van der Waals surface area contributed by atoms with Crippen LogP contribution in [0.15, 0.2) is 78.5 Å². The lowest BCUT2D eigenvalue weighted by atomic mass is 10.0. The largest absolute Gasteiger partial charge is 0.493 e. The quantitative estimate of drug-likeness (QED) is 0.332. The summed E-state index contributed by atoms with van der Waals surface area (Å²) in [5, 5.41) is 0. The van der Waals surface area contributed by atoms with Crippen LogP contribution in [0.1, 0.15) is 18.0 Å². The van der Waals surface area contributed by atoms with Crippen LogP contribution in [0.2, 0.25) is 0 Å². The lowest BCUT2D eigenvalue weighted by Gasteiger charge is -2.26. The monoisotopic (exact) mass is 503 g/mol. The predicted molar refractivity (Wildman–Crippen MR) is 140 cm³/mol. The van der Waals surface area contributed by atoms with Crippen LogP contribution in [-0.2, 0) is 13.1 Å². The summed E-state index contributed by atoms with van der Waals surface area (Å²) in [6, 6.07) is 12.9. The van der Waals surface area contributed by atoms with E-state index in [-0.39, 0.29) is 11.7 Å². The predicted octanol–water partition coefficient (Wildman–Crippen LogP) is 3.75. The van der Waals surface area contributed by atoms with Gasteiger partial charge in [0.2, 0.25) is 5.95 Å². The normalized spacial score (nSPS) is 14.9. The highest BCUT2D eigenvalue weighted by molar-refractivity contribution is 5.81. The molecule has 7 rings (SSSR count). The molecule has 1 atom stereocenters. The van der Waals surface area contributed by atoms with Gasteiger partial charge in [-0.2, -0.15) is 4.98 Å². The molecule has 5 heterocycles. The zero-order valence-corrected chi connectivity index (χ0v) is 20.2. The van der Waals surface area contributed by atoms with Crippen LogP contribution in [-0.4, -0.2) is 44.8 Å². The number of ether oxygens (including phenoxy) is 1. The third kappa shape index (κ3) is 3.46. The van der Waals surface area contributed by atoms with Crippen molar-refractivity contribution in [1.29, 1.82) is 0 Å². The first-order valence-corrected chi connectivity index (χ1v) is 12.2. The van der Waals surface area contributed by atoms with E-state index in [1.54, 1.807) is 56.9 Å². The van der Waals surface area contributed by atoms with Crippen LogP contribution in [0.4, 0.5) is 5.69 Å². The Morgan fingerprint density at radius 1 is 1.08 bits per heavy atom. The summed E-state index contributed by atoms with van der Waals surface area (Å²) < 4.78 is 13.0. The van der Waals surface area contributed by atoms with Gasteiger partial charge in [-0.15, -0.1) is 0 Å². The van der Waals surface area contributed by atoms with Crippen LogP contribution in [0.25, 0.3) is 33.0 Å². The minimum absolute atomic E-state index is 0.154. The number of hydrogen-bond donors (Lipinski definition) is 0. The van der Waals surface area contributed by atoms with Crippen LogP contribution >= 0.6 is 0 Å². The SMILES string of the molecule is [C-]#[N+]c1ccc2ncn(-c3ncc4c(n3)n(C3CCOc5ccccc53)c(=O)n4CCn3ccnc3)c2c1.